The minimum Gasteiger partial charge on any atom is -0.452 e. The van der Waals surface area contributed by atoms with E-state index in [0.717, 1.165) is 12.8 Å². The summed E-state index contributed by atoms with van der Waals surface area (Å²) < 4.78 is 4.88. The van der Waals surface area contributed by atoms with Crippen LogP contribution in [0.3, 0.4) is 0 Å². The van der Waals surface area contributed by atoms with Crippen molar-refractivity contribution in [3.8, 4) is 6.07 Å². The predicted octanol–water partition coefficient (Wildman–Crippen LogP) is 1.70. The molecule has 1 N–H and O–H groups in total. The van der Waals surface area contributed by atoms with Gasteiger partial charge in [-0.05, 0) is 37.8 Å². The van der Waals surface area contributed by atoms with Gasteiger partial charge in [-0.25, -0.2) is 9.78 Å². The molecule has 1 fully saturated rings. The number of hydrogen-bond donors (Lipinski definition) is 1. The summed E-state index contributed by atoms with van der Waals surface area (Å²) in [7, 11) is 0. The maximum atomic E-state index is 11.8. The Morgan fingerprint density at radius 1 is 1.62 bits per heavy atom. The number of esters is 1. The molecular formula is C14H14ClN3O3. The Balaban J connectivity index is 1.88. The summed E-state index contributed by atoms with van der Waals surface area (Å²) in [6.07, 6.45) is 3.27. The van der Waals surface area contributed by atoms with E-state index in [9.17, 15) is 9.59 Å². The lowest BCUT2D eigenvalue weighted by Crippen LogP contribution is -2.48. The van der Waals surface area contributed by atoms with Crippen molar-refractivity contribution >= 4 is 23.5 Å². The van der Waals surface area contributed by atoms with Gasteiger partial charge in [0.2, 0.25) is 0 Å². The molecule has 1 aromatic heterocycles. The highest BCUT2D eigenvalue weighted by molar-refractivity contribution is 6.32. The van der Waals surface area contributed by atoms with Gasteiger partial charge >= 0.3 is 5.97 Å². The Morgan fingerprint density at radius 3 is 2.90 bits per heavy atom. The van der Waals surface area contributed by atoms with Crippen LogP contribution in [0.1, 0.15) is 30.1 Å². The number of halogens is 1. The standard InChI is InChI=1S/C14H14ClN3O3/c1-14(8-16,9-4-5-9)18-11(19)7-21-13(20)10-3-2-6-17-12(10)15/h2-3,6,9H,4-5,7H2,1H3,(H,18,19)/t14-/m0/s1. The third-order valence-corrected chi connectivity index (χ3v) is 3.64. The average Bonchev–Trinajstić information content (AvgIpc) is 3.30. The van der Waals surface area contributed by atoms with E-state index in [2.05, 4.69) is 16.4 Å². The van der Waals surface area contributed by atoms with E-state index in [-0.39, 0.29) is 16.6 Å². The normalized spacial score (nSPS) is 16.4. The third kappa shape index (κ3) is 3.70. The van der Waals surface area contributed by atoms with Crippen LogP contribution in [0.4, 0.5) is 0 Å². The first kappa shape index (κ1) is 15.3. The average molecular weight is 308 g/mol. The number of carbonyl (C=O) groups excluding carboxylic acids is 2. The highest BCUT2D eigenvalue weighted by atomic mass is 35.5. The van der Waals surface area contributed by atoms with Gasteiger partial charge in [-0.15, -0.1) is 0 Å². The van der Waals surface area contributed by atoms with Crippen LogP contribution >= 0.6 is 11.6 Å². The summed E-state index contributed by atoms with van der Waals surface area (Å²) in [5, 5.41) is 11.8. The Bertz CT molecular complexity index is 610. The lowest BCUT2D eigenvalue weighted by Gasteiger charge is -2.22. The lowest BCUT2D eigenvalue weighted by atomic mass is 9.98. The molecule has 0 radical (unpaired) electrons. The zero-order valence-corrected chi connectivity index (χ0v) is 12.2. The van der Waals surface area contributed by atoms with Gasteiger partial charge in [0.25, 0.3) is 5.91 Å². The number of hydrogen-bond acceptors (Lipinski definition) is 5. The zero-order chi connectivity index (χ0) is 15.5. The molecule has 1 aliphatic carbocycles. The molecule has 0 spiro atoms. The van der Waals surface area contributed by atoms with Crippen molar-refractivity contribution in [1.82, 2.24) is 10.3 Å². The van der Waals surface area contributed by atoms with E-state index in [4.69, 9.17) is 21.6 Å². The molecule has 2 rings (SSSR count). The number of nitrogens with zero attached hydrogens (tertiary/aromatic N) is 2. The van der Waals surface area contributed by atoms with Gasteiger partial charge in [0.1, 0.15) is 10.7 Å². The summed E-state index contributed by atoms with van der Waals surface area (Å²) in [5.74, 6) is -1.08. The van der Waals surface area contributed by atoms with E-state index in [1.807, 2.05) is 0 Å². The molecule has 0 unspecified atom stereocenters. The number of ether oxygens (including phenoxy) is 1. The summed E-state index contributed by atoms with van der Waals surface area (Å²) in [6.45, 7) is 1.20. The summed E-state index contributed by atoms with van der Waals surface area (Å²) >= 11 is 5.76. The van der Waals surface area contributed by atoms with Crippen LogP contribution in [0, 0.1) is 17.2 Å². The van der Waals surface area contributed by atoms with Crippen molar-refractivity contribution < 1.29 is 14.3 Å². The predicted molar refractivity (Wildman–Crippen MR) is 74.4 cm³/mol. The molecule has 1 aromatic rings. The van der Waals surface area contributed by atoms with Crippen molar-refractivity contribution in [2.75, 3.05) is 6.61 Å². The zero-order valence-electron chi connectivity index (χ0n) is 11.4. The number of nitrogens with one attached hydrogen (secondary N) is 1. The van der Waals surface area contributed by atoms with Gasteiger partial charge in [0.15, 0.2) is 6.61 Å². The summed E-state index contributed by atoms with van der Waals surface area (Å²) in [6, 6.07) is 5.10. The van der Waals surface area contributed by atoms with Gasteiger partial charge < -0.3 is 10.1 Å². The van der Waals surface area contributed by atoms with Crippen molar-refractivity contribution in [1.29, 1.82) is 5.26 Å². The minimum atomic E-state index is -0.907. The number of amides is 1. The largest absolute Gasteiger partial charge is 0.452 e. The van der Waals surface area contributed by atoms with E-state index >= 15 is 0 Å². The van der Waals surface area contributed by atoms with Crippen LogP contribution in [0.2, 0.25) is 5.15 Å². The molecular weight excluding hydrogens is 294 g/mol. The summed E-state index contributed by atoms with van der Waals surface area (Å²) in [5.41, 5.74) is -0.813. The molecule has 0 bridgehead atoms. The van der Waals surface area contributed by atoms with Crippen LogP contribution in [-0.4, -0.2) is 29.0 Å². The van der Waals surface area contributed by atoms with Gasteiger partial charge in [0, 0.05) is 6.20 Å². The first-order valence-corrected chi connectivity index (χ1v) is 6.84. The maximum absolute atomic E-state index is 11.8. The Morgan fingerprint density at radius 2 is 2.33 bits per heavy atom. The van der Waals surface area contributed by atoms with E-state index in [0.29, 0.717) is 0 Å². The number of aromatic nitrogens is 1. The topological polar surface area (TPSA) is 92.1 Å². The van der Waals surface area contributed by atoms with Crippen molar-refractivity contribution in [2.24, 2.45) is 5.92 Å². The number of carbonyl (C=O) groups is 2. The van der Waals surface area contributed by atoms with Crippen molar-refractivity contribution in [3.05, 3.63) is 29.0 Å². The summed E-state index contributed by atoms with van der Waals surface area (Å²) in [4.78, 5) is 27.3. The fraction of sp³-hybridized carbons (Fsp3) is 0.429. The van der Waals surface area contributed by atoms with E-state index in [1.54, 1.807) is 13.0 Å². The fourth-order valence-electron chi connectivity index (χ4n) is 1.95. The Labute approximate surface area is 127 Å². The molecule has 1 heterocycles. The number of rotatable bonds is 5. The number of nitriles is 1. The first-order chi connectivity index (χ1) is 9.96. The molecule has 21 heavy (non-hydrogen) atoms. The van der Waals surface area contributed by atoms with Gasteiger partial charge in [-0.1, -0.05) is 11.6 Å². The Kier molecular flexibility index (Phi) is 4.43. The van der Waals surface area contributed by atoms with Gasteiger partial charge in [-0.3, -0.25) is 4.79 Å². The molecule has 1 saturated carbocycles. The van der Waals surface area contributed by atoms with Crippen LogP contribution in [0.15, 0.2) is 18.3 Å². The number of pyridine rings is 1. The molecule has 0 aliphatic heterocycles. The monoisotopic (exact) mass is 307 g/mol. The molecule has 1 atom stereocenters. The molecule has 110 valence electrons. The van der Waals surface area contributed by atoms with Crippen molar-refractivity contribution in [2.45, 2.75) is 25.3 Å². The molecule has 1 aliphatic rings. The van der Waals surface area contributed by atoms with Crippen LogP contribution in [0.5, 0.6) is 0 Å². The van der Waals surface area contributed by atoms with Crippen molar-refractivity contribution in [3.63, 3.8) is 0 Å². The van der Waals surface area contributed by atoms with Crippen LogP contribution in [0.25, 0.3) is 0 Å². The molecule has 0 saturated heterocycles. The molecule has 7 heteroatoms. The lowest BCUT2D eigenvalue weighted by molar-refractivity contribution is -0.125. The van der Waals surface area contributed by atoms with Crippen LogP contribution in [-0.2, 0) is 9.53 Å². The van der Waals surface area contributed by atoms with E-state index in [1.165, 1.54) is 12.3 Å². The molecule has 1 amide bonds. The Hall–Kier alpha value is -2.13. The first-order valence-electron chi connectivity index (χ1n) is 6.46. The van der Waals surface area contributed by atoms with Gasteiger partial charge in [-0.2, -0.15) is 5.26 Å². The SMILES string of the molecule is C[C@@](C#N)(NC(=O)COC(=O)c1cccnc1Cl)C1CC1. The smallest absolute Gasteiger partial charge is 0.341 e. The fourth-order valence-corrected chi connectivity index (χ4v) is 2.15. The second-order valence-electron chi connectivity index (χ2n) is 5.05. The van der Waals surface area contributed by atoms with Crippen LogP contribution < -0.4 is 5.32 Å². The third-order valence-electron chi connectivity index (χ3n) is 3.34. The molecule has 6 nitrogen and oxygen atoms in total. The second kappa shape index (κ2) is 6.10. The minimum absolute atomic E-state index is 0.0164. The quantitative estimate of drug-likeness (QED) is 0.660. The maximum Gasteiger partial charge on any atom is 0.341 e. The highest BCUT2D eigenvalue weighted by Crippen LogP contribution is 2.39. The molecule has 0 aromatic carbocycles. The van der Waals surface area contributed by atoms with Gasteiger partial charge in [0.05, 0.1) is 11.6 Å². The second-order valence-corrected chi connectivity index (χ2v) is 5.41. The highest BCUT2D eigenvalue weighted by Gasteiger charge is 2.43. The van der Waals surface area contributed by atoms with E-state index < -0.39 is 24.0 Å².